The van der Waals surface area contributed by atoms with Gasteiger partial charge in [-0.2, -0.15) is 0 Å². The van der Waals surface area contributed by atoms with Crippen molar-refractivity contribution in [3.05, 3.63) is 128 Å². The Hall–Kier alpha value is -2.79. The lowest BCUT2D eigenvalue weighted by Gasteiger charge is -2.40. The monoisotopic (exact) mass is 518 g/mol. The minimum absolute atomic E-state index is 0.00464. The van der Waals surface area contributed by atoms with Gasteiger partial charge in [0.1, 0.15) is 5.82 Å². The Balaban J connectivity index is 1.48. The van der Waals surface area contributed by atoms with Crippen molar-refractivity contribution in [2.75, 3.05) is 0 Å². The van der Waals surface area contributed by atoms with E-state index in [0.717, 1.165) is 57.5 Å². The summed E-state index contributed by atoms with van der Waals surface area (Å²) in [7, 11) is 0. The van der Waals surface area contributed by atoms with E-state index in [1.807, 2.05) is 48.5 Å². The highest BCUT2D eigenvalue weighted by Crippen LogP contribution is 2.51. The van der Waals surface area contributed by atoms with Gasteiger partial charge in [-0.05, 0) is 102 Å². The maximum Gasteiger partial charge on any atom is 0.174 e. The molecule has 1 aliphatic carbocycles. The molecule has 0 fully saturated rings. The quantitative estimate of drug-likeness (QED) is 0.343. The third-order valence-electron chi connectivity index (χ3n) is 6.57. The van der Waals surface area contributed by atoms with Gasteiger partial charge in [0.2, 0.25) is 0 Å². The lowest BCUT2D eigenvalue weighted by atomic mass is 9.83. The van der Waals surface area contributed by atoms with Crippen molar-refractivity contribution in [3.63, 3.8) is 0 Å². The Labute approximate surface area is 218 Å². The molecular formula is C29H21Cl2FN2S. The van der Waals surface area contributed by atoms with Crippen molar-refractivity contribution < 1.29 is 4.39 Å². The zero-order valence-electron chi connectivity index (χ0n) is 18.7. The lowest BCUT2D eigenvalue weighted by Crippen LogP contribution is -2.34. The molecule has 0 amide bonds. The van der Waals surface area contributed by atoms with E-state index in [1.54, 1.807) is 11.8 Å². The van der Waals surface area contributed by atoms with E-state index >= 15 is 0 Å². The average Bonchev–Trinajstić information content (AvgIpc) is 3.29. The molecule has 0 saturated carbocycles. The Morgan fingerprint density at radius 1 is 0.886 bits per heavy atom. The minimum Gasteiger partial charge on any atom is -0.308 e. The first-order chi connectivity index (χ1) is 17.1. The van der Waals surface area contributed by atoms with Crippen molar-refractivity contribution in [2.45, 2.75) is 25.3 Å². The predicted molar refractivity (Wildman–Crippen MR) is 146 cm³/mol. The Kier molecular flexibility index (Phi) is 6.05. The van der Waals surface area contributed by atoms with Gasteiger partial charge < -0.3 is 4.90 Å². The second kappa shape index (κ2) is 9.34. The third-order valence-corrected chi connectivity index (χ3v) is 7.92. The zero-order valence-corrected chi connectivity index (χ0v) is 21.0. The van der Waals surface area contributed by atoms with Crippen LogP contribution in [0.2, 0.25) is 10.0 Å². The van der Waals surface area contributed by atoms with Gasteiger partial charge >= 0.3 is 0 Å². The van der Waals surface area contributed by atoms with Crippen LogP contribution in [0.25, 0.3) is 11.8 Å². The van der Waals surface area contributed by atoms with Crippen LogP contribution in [0.1, 0.15) is 42.0 Å². The van der Waals surface area contributed by atoms with Gasteiger partial charge in [-0.3, -0.25) is 0 Å². The van der Waals surface area contributed by atoms with Crippen LogP contribution < -0.4 is 0 Å². The third kappa shape index (κ3) is 4.35. The molecule has 6 heteroatoms. The normalized spacial score (nSPS) is 20.5. The van der Waals surface area contributed by atoms with Gasteiger partial charge in [-0.1, -0.05) is 59.2 Å². The van der Waals surface area contributed by atoms with Gasteiger partial charge in [0.15, 0.2) is 5.17 Å². The van der Waals surface area contributed by atoms with Gasteiger partial charge in [-0.15, -0.1) is 0 Å². The summed E-state index contributed by atoms with van der Waals surface area (Å²) < 4.78 is 13.7. The van der Waals surface area contributed by atoms with Crippen molar-refractivity contribution in [3.8, 4) is 0 Å². The molecule has 3 aliphatic rings. The second-order valence-electron chi connectivity index (χ2n) is 8.79. The maximum atomic E-state index is 13.7. The number of thioether (sulfide) groups is 1. The minimum atomic E-state index is -0.240. The molecule has 174 valence electrons. The Bertz CT molecular complexity index is 1400. The number of nitrogens with zero attached hydrogens (tertiary/aromatic N) is 2. The molecular weight excluding hydrogens is 498 g/mol. The molecule has 2 heterocycles. The average molecular weight is 519 g/mol. The van der Waals surface area contributed by atoms with E-state index < -0.39 is 0 Å². The molecule has 2 aliphatic heterocycles. The maximum absolute atomic E-state index is 13.7. The summed E-state index contributed by atoms with van der Waals surface area (Å²) in [6.07, 6.45) is 5.24. The van der Waals surface area contributed by atoms with Crippen molar-refractivity contribution >= 4 is 51.9 Å². The molecule has 0 aromatic heterocycles. The van der Waals surface area contributed by atoms with Crippen molar-refractivity contribution in [1.29, 1.82) is 0 Å². The molecule has 0 radical (unpaired) electrons. The van der Waals surface area contributed by atoms with Crippen LogP contribution in [0.3, 0.4) is 0 Å². The highest BCUT2D eigenvalue weighted by Gasteiger charge is 2.40. The Morgan fingerprint density at radius 3 is 2.29 bits per heavy atom. The fourth-order valence-corrected chi connectivity index (χ4v) is 6.13. The number of aliphatic imine (C=N–C) groups is 1. The van der Waals surface area contributed by atoms with E-state index in [2.05, 4.69) is 28.5 Å². The van der Waals surface area contributed by atoms with Crippen LogP contribution in [0.15, 0.2) is 100 Å². The molecule has 3 aromatic rings. The van der Waals surface area contributed by atoms with Crippen LogP contribution in [-0.4, -0.2) is 10.1 Å². The predicted octanol–water partition coefficient (Wildman–Crippen LogP) is 9.11. The first-order valence-corrected chi connectivity index (χ1v) is 13.2. The molecule has 3 aromatic carbocycles. The lowest BCUT2D eigenvalue weighted by molar-refractivity contribution is 0.458. The molecule has 35 heavy (non-hydrogen) atoms. The number of hydrogen-bond donors (Lipinski definition) is 0. The summed E-state index contributed by atoms with van der Waals surface area (Å²) >= 11 is 14.0. The van der Waals surface area contributed by atoms with E-state index in [-0.39, 0.29) is 11.9 Å². The number of rotatable bonds is 3. The van der Waals surface area contributed by atoms with Gasteiger partial charge in [0.25, 0.3) is 0 Å². The molecule has 0 saturated heterocycles. The summed E-state index contributed by atoms with van der Waals surface area (Å²) in [6, 6.07) is 22.7. The number of hydrogen-bond acceptors (Lipinski definition) is 3. The summed E-state index contributed by atoms with van der Waals surface area (Å²) in [5.74, 6) is -0.240. The molecule has 2 nitrogen and oxygen atoms in total. The fourth-order valence-electron chi connectivity index (χ4n) is 4.95. The zero-order chi connectivity index (χ0) is 23.9. The molecule has 0 spiro atoms. The summed E-state index contributed by atoms with van der Waals surface area (Å²) in [5, 5.41) is 4.50. The van der Waals surface area contributed by atoms with Crippen LogP contribution in [-0.2, 0) is 0 Å². The summed E-state index contributed by atoms with van der Waals surface area (Å²) in [5.41, 5.74) is 7.92. The molecule has 0 unspecified atom stereocenters. The number of benzene rings is 3. The van der Waals surface area contributed by atoms with Crippen LogP contribution in [0.5, 0.6) is 0 Å². The van der Waals surface area contributed by atoms with Gasteiger partial charge in [0, 0.05) is 15.5 Å². The smallest absolute Gasteiger partial charge is 0.174 e. The topological polar surface area (TPSA) is 15.6 Å². The van der Waals surface area contributed by atoms with Crippen LogP contribution in [0.4, 0.5) is 4.39 Å². The summed E-state index contributed by atoms with van der Waals surface area (Å²) in [4.78, 5) is 7.48. The molecule has 1 atom stereocenters. The first-order valence-electron chi connectivity index (χ1n) is 11.5. The number of allylic oxidation sites excluding steroid dienone is 1. The van der Waals surface area contributed by atoms with E-state index in [0.29, 0.717) is 5.02 Å². The van der Waals surface area contributed by atoms with E-state index in [1.165, 1.54) is 23.3 Å². The SMILES string of the molecule is Fc1ccc(C2=CSC3=NC4=C(CCC/C4=C/c4ccc(Cl)cc4)[C@@H](c4ccc(Cl)cc4)N23)cc1. The Morgan fingerprint density at radius 2 is 1.57 bits per heavy atom. The fraction of sp³-hybridized carbons (Fsp3) is 0.138. The van der Waals surface area contributed by atoms with Crippen LogP contribution in [0, 0.1) is 5.82 Å². The highest BCUT2D eigenvalue weighted by atomic mass is 35.5. The first kappa shape index (κ1) is 22.7. The number of fused-ring (bicyclic) bond motifs is 1. The molecule has 6 rings (SSSR count). The van der Waals surface area contributed by atoms with E-state index in [9.17, 15) is 4.39 Å². The van der Waals surface area contributed by atoms with Crippen molar-refractivity contribution in [2.24, 2.45) is 4.99 Å². The molecule has 0 bridgehead atoms. The van der Waals surface area contributed by atoms with Crippen LogP contribution >= 0.6 is 35.0 Å². The van der Waals surface area contributed by atoms with Gasteiger partial charge in [-0.25, -0.2) is 9.38 Å². The van der Waals surface area contributed by atoms with Crippen molar-refractivity contribution in [1.82, 2.24) is 4.90 Å². The largest absolute Gasteiger partial charge is 0.308 e. The standard InChI is InChI=1S/C29H21Cl2FN2S/c30-22-10-4-18(5-11-22)16-21-2-1-3-25-27(21)33-29-34(28(25)20-6-12-23(31)13-7-20)26(17-35-29)19-8-14-24(32)15-9-19/h4-17,28H,1-3H2/b21-16-/t28-/m1/s1. The molecule has 0 N–H and O–H groups in total. The van der Waals surface area contributed by atoms with Gasteiger partial charge in [0.05, 0.1) is 17.4 Å². The number of halogens is 3. The van der Waals surface area contributed by atoms with E-state index in [4.69, 9.17) is 28.2 Å². The summed E-state index contributed by atoms with van der Waals surface area (Å²) in [6.45, 7) is 0. The number of amidine groups is 1. The second-order valence-corrected chi connectivity index (χ2v) is 10.5. The highest BCUT2D eigenvalue weighted by molar-refractivity contribution is 8.16.